The number of aliphatic hydroxyl groups excluding tert-OH is 2. The molecule has 0 aromatic heterocycles. The lowest BCUT2D eigenvalue weighted by atomic mass is 9.56. The van der Waals surface area contributed by atoms with Crippen molar-refractivity contribution in [1.82, 2.24) is 0 Å². The van der Waals surface area contributed by atoms with Crippen LogP contribution < -0.4 is 4.74 Å². The van der Waals surface area contributed by atoms with Crippen molar-refractivity contribution >= 4 is 17.5 Å². The van der Waals surface area contributed by atoms with Gasteiger partial charge in [0.25, 0.3) is 0 Å². The monoisotopic (exact) mass is 621 g/mol. The van der Waals surface area contributed by atoms with Crippen molar-refractivity contribution in [2.75, 3.05) is 25.6 Å². The van der Waals surface area contributed by atoms with E-state index in [2.05, 4.69) is 19.6 Å². The summed E-state index contributed by atoms with van der Waals surface area (Å²) in [6.07, 6.45) is 9.95. The van der Waals surface area contributed by atoms with Crippen LogP contribution in [0.1, 0.15) is 68.9 Å². The van der Waals surface area contributed by atoms with E-state index >= 15 is 0 Å². The number of allylic oxidation sites excluding steroid dienone is 1. The molecule has 8 heteroatoms. The highest BCUT2D eigenvalue weighted by Gasteiger charge is 2.63. The number of hydrogen-bond donors (Lipinski definition) is 3. The maximum Gasteiger partial charge on any atom is 0.230 e. The summed E-state index contributed by atoms with van der Waals surface area (Å²) < 4.78 is 13.8. The number of aromatic hydroxyl groups is 1. The zero-order chi connectivity index (χ0) is 30.9. The molecule has 1 saturated carbocycles. The lowest BCUT2D eigenvalue weighted by Crippen LogP contribution is -2.64. The van der Waals surface area contributed by atoms with Gasteiger partial charge in [-0.15, -0.1) is 6.58 Å². The van der Waals surface area contributed by atoms with E-state index < -0.39 is 5.79 Å². The molecule has 2 aromatic carbocycles. The minimum Gasteiger partial charge on any atom is -0.508 e. The Morgan fingerprint density at radius 2 is 1.84 bits per heavy atom. The minimum atomic E-state index is -0.959. The molecule has 0 amide bonds. The number of fused-ring (bicyclic) bond motifs is 2. The third-order valence-electron chi connectivity index (χ3n) is 9.25. The van der Waals surface area contributed by atoms with Crippen LogP contribution in [-0.4, -0.2) is 57.6 Å². The number of hydrogen-bond acceptors (Lipinski definition) is 8. The molecule has 5 rings (SSSR count). The van der Waals surface area contributed by atoms with E-state index in [-0.39, 0.29) is 47.9 Å². The predicted octanol–water partition coefficient (Wildman–Crippen LogP) is 6.98. The van der Waals surface area contributed by atoms with Gasteiger partial charge in [0.05, 0.1) is 23.5 Å². The lowest BCUT2D eigenvalue weighted by Gasteiger charge is -2.58. The van der Waals surface area contributed by atoms with Crippen LogP contribution in [-0.2, 0) is 16.2 Å². The number of ether oxygens (including phenoxy) is 2. The van der Waals surface area contributed by atoms with E-state index in [9.17, 15) is 15.3 Å². The highest BCUT2D eigenvalue weighted by molar-refractivity contribution is 8.00. The zero-order valence-electron chi connectivity index (χ0n) is 25.8. The first-order chi connectivity index (χ1) is 21.6. The number of phenols is 1. The van der Waals surface area contributed by atoms with E-state index in [1.807, 2.05) is 54.2 Å². The molecule has 3 N–H and O–H groups in total. The Morgan fingerprint density at radius 1 is 1.07 bits per heavy atom. The maximum atomic E-state index is 10.7. The molecule has 0 saturated heterocycles. The number of thioether (sulfide) groups is 1. The summed E-state index contributed by atoms with van der Waals surface area (Å²) in [4.78, 5) is 6.04. The van der Waals surface area contributed by atoms with Gasteiger partial charge in [-0.25, -0.2) is 0 Å². The van der Waals surface area contributed by atoms with Gasteiger partial charge < -0.3 is 29.6 Å². The Labute approximate surface area is 266 Å². The molecule has 2 aliphatic carbocycles. The van der Waals surface area contributed by atoms with Crippen molar-refractivity contribution < 1.29 is 29.6 Å². The van der Waals surface area contributed by atoms with Crippen LogP contribution in [0.2, 0.25) is 0 Å². The first-order valence-corrected chi connectivity index (χ1v) is 17.2. The van der Waals surface area contributed by atoms with Crippen molar-refractivity contribution in [3.8, 4) is 11.5 Å². The van der Waals surface area contributed by atoms with Gasteiger partial charge in [-0.05, 0) is 72.6 Å². The first kappa shape index (κ1) is 32.6. The molecule has 6 atom stereocenters. The van der Waals surface area contributed by atoms with Gasteiger partial charge in [0.2, 0.25) is 5.79 Å². The number of benzene rings is 2. The average Bonchev–Trinajstić information content (AvgIpc) is 3.03. The number of phenolic OH excluding ortho intramolecular Hbond substituents is 1. The standard InChI is InChI=1S/C36H47NO6S/c1-3-20-41-36-33(44-4-2)23-31(37-42-24-25-12-6-5-7-13-25)29-21-26(14-8-10-18-38)28(15-9-11-19-39)34(35(29)36)30-22-27(40)16-17-32(30)43-36/h3,5-7,12-13,16-17,21-22,26,28,33-35,38-40H,1,4,8-11,14-15,18-20,23-24H2,2H3. The number of rotatable bonds is 16. The molecule has 1 aliphatic heterocycles. The first-order valence-electron chi connectivity index (χ1n) is 16.1. The average molecular weight is 622 g/mol. The molecule has 44 heavy (non-hydrogen) atoms. The molecule has 1 heterocycles. The smallest absolute Gasteiger partial charge is 0.230 e. The van der Waals surface area contributed by atoms with Crippen molar-refractivity contribution in [1.29, 1.82) is 0 Å². The van der Waals surface area contributed by atoms with Crippen LogP contribution >= 0.6 is 11.8 Å². The Hall–Kier alpha value is -2.78. The van der Waals surface area contributed by atoms with Crippen LogP contribution in [0, 0.1) is 17.8 Å². The van der Waals surface area contributed by atoms with Gasteiger partial charge in [0, 0.05) is 31.1 Å². The summed E-state index contributed by atoms with van der Waals surface area (Å²) in [6, 6.07) is 15.5. The van der Waals surface area contributed by atoms with Gasteiger partial charge in [-0.2, -0.15) is 11.8 Å². The van der Waals surface area contributed by atoms with Gasteiger partial charge in [0.1, 0.15) is 18.1 Å². The van der Waals surface area contributed by atoms with Crippen LogP contribution in [0.15, 0.2) is 78.0 Å². The third-order valence-corrected chi connectivity index (χ3v) is 10.5. The summed E-state index contributed by atoms with van der Waals surface area (Å²) in [7, 11) is 0. The summed E-state index contributed by atoms with van der Waals surface area (Å²) in [5.41, 5.74) is 4.07. The predicted molar refractivity (Wildman–Crippen MR) is 176 cm³/mol. The van der Waals surface area contributed by atoms with Crippen molar-refractivity contribution in [3.05, 3.63) is 84.0 Å². The van der Waals surface area contributed by atoms with Crippen molar-refractivity contribution in [3.63, 3.8) is 0 Å². The van der Waals surface area contributed by atoms with Gasteiger partial charge in [0.15, 0.2) is 0 Å². The number of nitrogens with zero attached hydrogens (tertiary/aromatic N) is 1. The SMILES string of the molecule is C=CCOC12Oc3ccc(O)cc3C3C(CCCCO)C(CCCCO)C=C(C(=NOCc4ccccc4)CC1SCC)C32. The van der Waals surface area contributed by atoms with Gasteiger partial charge in [-0.1, -0.05) is 67.4 Å². The fraction of sp³-hybridized carbons (Fsp3) is 0.528. The Kier molecular flexibility index (Phi) is 11.5. The number of oxime groups is 1. The Morgan fingerprint density at radius 3 is 2.57 bits per heavy atom. The highest BCUT2D eigenvalue weighted by Crippen LogP contribution is 2.62. The fourth-order valence-corrected chi connectivity index (χ4v) is 8.62. The second kappa shape index (κ2) is 15.5. The number of unbranched alkanes of at least 4 members (excludes halogenated alkanes) is 2. The van der Waals surface area contributed by atoms with Crippen LogP contribution in [0.25, 0.3) is 0 Å². The largest absolute Gasteiger partial charge is 0.508 e. The molecule has 7 nitrogen and oxygen atoms in total. The van der Waals surface area contributed by atoms with Crippen LogP contribution in [0.4, 0.5) is 0 Å². The Balaban J connectivity index is 1.66. The molecular weight excluding hydrogens is 574 g/mol. The van der Waals surface area contributed by atoms with Gasteiger partial charge in [-0.3, -0.25) is 0 Å². The van der Waals surface area contributed by atoms with Crippen molar-refractivity contribution in [2.24, 2.45) is 22.9 Å². The summed E-state index contributed by atoms with van der Waals surface area (Å²) >= 11 is 1.82. The van der Waals surface area contributed by atoms with Gasteiger partial charge >= 0.3 is 0 Å². The van der Waals surface area contributed by atoms with Crippen molar-refractivity contribution in [2.45, 2.75) is 75.4 Å². The molecule has 3 aliphatic rings. The summed E-state index contributed by atoms with van der Waals surface area (Å²) in [6.45, 7) is 7.17. The second-order valence-corrected chi connectivity index (χ2v) is 13.5. The summed E-state index contributed by atoms with van der Waals surface area (Å²) in [5.74, 6) is 1.14. The fourth-order valence-electron chi connectivity index (χ4n) is 7.45. The molecule has 2 aromatic rings. The summed E-state index contributed by atoms with van der Waals surface area (Å²) in [5, 5.41) is 34.8. The van der Waals surface area contributed by atoms with E-state index in [1.54, 1.807) is 12.1 Å². The molecule has 0 spiro atoms. The molecular formula is C36H47NO6S. The second-order valence-electron chi connectivity index (χ2n) is 12.0. The highest BCUT2D eigenvalue weighted by atomic mass is 32.2. The number of aliphatic hydroxyl groups is 2. The Bertz CT molecular complexity index is 1300. The molecule has 238 valence electrons. The lowest BCUT2D eigenvalue weighted by molar-refractivity contribution is -0.223. The van der Waals surface area contributed by atoms with E-state index in [0.29, 0.717) is 19.6 Å². The van der Waals surface area contributed by atoms with E-state index in [1.165, 1.54) is 0 Å². The van der Waals surface area contributed by atoms with Crippen LogP contribution in [0.5, 0.6) is 11.5 Å². The minimum absolute atomic E-state index is 0.00642. The zero-order valence-corrected chi connectivity index (χ0v) is 26.6. The molecule has 0 bridgehead atoms. The quantitative estimate of drug-likeness (QED) is 0.106. The molecule has 1 fully saturated rings. The maximum absolute atomic E-state index is 10.7. The normalized spacial score (nSPS) is 28.0. The third kappa shape index (κ3) is 6.89. The topological polar surface area (TPSA) is 101 Å². The van der Waals surface area contributed by atoms with E-state index in [4.69, 9.17) is 19.5 Å². The molecule has 0 radical (unpaired) electrons. The molecule has 6 unspecified atom stereocenters. The van der Waals surface area contributed by atoms with E-state index in [0.717, 1.165) is 72.4 Å². The van der Waals surface area contributed by atoms with Crippen LogP contribution in [0.3, 0.4) is 0 Å².